The summed E-state index contributed by atoms with van der Waals surface area (Å²) < 4.78 is 5.05. The third-order valence-corrected chi connectivity index (χ3v) is 1.92. The minimum Gasteiger partial charge on any atom is -0.497 e. The number of nitrogens with one attached hydrogen (secondary N) is 1. The van der Waals surface area contributed by atoms with Gasteiger partial charge >= 0.3 is 0 Å². The van der Waals surface area contributed by atoms with Crippen LogP contribution in [0.1, 0.15) is 0 Å². The molecule has 0 aliphatic rings. The predicted molar refractivity (Wildman–Crippen MR) is 61.1 cm³/mol. The van der Waals surface area contributed by atoms with Gasteiger partial charge in [-0.3, -0.25) is 10.3 Å². The van der Waals surface area contributed by atoms with Crippen molar-refractivity contribution in [2.75, 3.05) is 39.8 Å². The zero-order chi connectivity index (χ0) is 11.1. The summed E-state index contributed by atoms with van der Waals surface area (Å²) in [4.78, 5) is 7.34. The highest BCUT2D eigenvalue weighted by Gasteiger charge is 1.94. The Labute approximate surface area is 90.7 Å². The summed E-state index contributed by atoms with van der Waals surface area (Å²) in [6.45, 7) is 1.54. The Morgan fingerprint density at radius 2 is 1.87 bits per heavy atom. The highest BCUT2D eigenvalue weighted by molar-refractivity contribution is 5.44. The van der Waals surface area contributed by atoms with E-state index in [0.717, 1.165) is 18.0 Å². The molecule has 0 unspecified atom stereocenters. The highest BCUT2D eigenvalue weighted by atomic mass is 16.6. The van der Waals surface area contributed by atoms with Gasteiger partial charge in [0.25, 0.3) is 0 Å². The van der Waals surface area contributed by atoms with E-state index in [1.165, 1.54) is 0 Å². The van der Waals surface area contributed by atoms with E-state index in [9.17, 15) is 0 Å². The molecule has 15 heavy (non-hydrogen) atoms. The standard InChI is InChI=1S/C11H18N2O2/c1-13(2)8-9-15-12-10-4-6-11(14-3)7-5-10/h4-7,12H,8-9H2,1-3H3. The number of benzene rings is 1. The van der Waals surface area contributed by atoms with Gasteiger partial charge in [-0.05, 0) is 38.4 Å². The smallest absolute Gasteiger partial charge is 0.119 e. The molecule has 0 spiro atoms. The summed E-state index contributed by atoms with van der Waals surface area (Å²) in [5.74, 6) is 0.842. The van der Waals surface area contributed by atoms with Crippen LogP contribution in [0.25, 0.3) is 0 Å². The first-order valence-corrected chi connectivity index (χ1v) is 4.89. The number of nitrogens with zero attached hydrogens (tertiary/aromatic N) is 1. The van der Waals surface area contributed by atoms with Gasteiger partial charge in [0.15, 0.2) is 0 Å². The van der Waals surface area contributed by atoms with Gasteiger partial charge in [-0.2, -0.15) is 0 Å². The van der Waals surface area contributed by atoms with Crippen molar-refractivity contribution in [3.8, 4) is 5.75 Å². The summed E-state index contributed by atoms with van der Waals surface area (Å²) in [7, 11) is 5.67. The van der Waals surface area contributed by atoms with E-state index >= 15 is 0 Å². The molecule has 0 heterocycles. The fraction of sp³-hybridized carbons (Fsp3) is 0.455. The number of ether oxygens (including phenoxy) is 1. The Bertz CT molecular complexity index is 272. The van der Waals surface area contributed by atoms with E-state index in [1.807, 2.05) is 38.4 Å². The van der Waals surface area contributed by atoms with Crippen LogP contribution in [0.15, 0.2) is 24.3 Å². The monoisotopic (exact) mass is 210 g/mol. The van der Waals surface area contributed by atoms with Gasteiger partial charge in [0.2, 0.25) is 0 Å². The average Bonchev–Trinajstić information content (AvgIpc) is 2.25. The topological polar surface area (TPSA) is 33.7 Å². The van der Waals surface area contributed by atoms with E-state index < -0.39 is 0 Å². The van der Waals surface area contributed by atoms with Crippen LogP contribution in [0.5, 0.6) is 5.75 Å². The normalized spacial score (nSPS) is 10.4. The van der Waals surface area contributed by atoms with Crippen molar-refractivity contribution >= 4 is 5.69 Å². The van der Waals surface area contributed by atoms with Gasteiger partial charge in [-0.15, -0.1) is 0 Å². The molecule has 0 saturated carbocycles. The molecule has 4 heteroatoms. The fourth-order valence-corrected chi connectivity index (χ4v) is 1.02. The predicted octanol–water partition coefficient (Wildman–Crippen LogP) is 1.60. The molecule has 0 aromatic heterocycles. The molecular weight excluding hydrogens is 192 g/mol. The van der Waals surface area contributed by atoms with Gasteiger partial charge in [0, 0.05) is 6.54 Å². The molecule has 1 aromatic rings. The van der Waals surface area contributed by atoms with E-state index in [1.54, 1.807) is 7.11 Å². The average molecular weight is 210 g/mol. The highest BCUT2D eigenvalue weighted by Crippen LogP contribution is 2.14. The SMILES string of the molecule is COc1ccc(NOCCN(C)C)cc1. The van der Waals surface area contributed by atoms with Crippen molar-refractivity contribution in [1.29, 1.82) is 0 Å². The summed E-state index contributed by atoms with van der Waals surface area (Å²) in [6.07, 6.45) is 0. The first-order valence-electron chi connectivity index (χ1n) is 4.89. The Morgan fingerprint density at radius 1 is 1.20 bits per heavy atom. The van der Waals surface area contributed by atoms with E-state index in [4.69, 9.17) is 9.57 Å². The molecule has 0 atom stereocenters. The largest absolute Gasteiger partial charge is 0.497 e. The zero-order valence-corrected chi connectivity index (χ0v) is 9.49. The van der Waals surface area contributed by atoms with Crippen molar-refractivity contribution in [3.05, 3.63) is 24.3 Å². The van der Waals surface area contributed by atoms with Gasteiger partial charge in [-0.25, -0.2) is 0 Å². The molecule has 4 nitrogen and oxygen atoms in total. The molecule has 0 radical (unpaired) electrons. The van der Waals surface area contributed by atoms with Crippen molar-refractivity contribution in [2.45, 2.75) is 0 Å². The molecule has 0 fully saturated rings. The minimum atomic E-state index is 0.652. The molecule has 0 amide bonds. The van der Waals surface area contributed by atoms with Gasteiger partial charge in [0.05, 0.1) is 19.4 Å². The van der Waals surface area contributed by atoms with Crippen molar-refractivity contribution in [1.82, 2.24) is 4.90 Å². The number of rotatable bonds is 6. The lowest BCUT2D eigenvalue weighted by Crippen LogP contribution is -2.19. The van der Waals surface area contributed by atoms with Crippen LogP contribution in [0.2, 0.25) is 0 Å². The number of likely N-dealkylation sites (N-methyl/N-ethyl adjacent to an activating group) is 1. The maximum Gasteiger partial charge on any atom is 0.119 e. The van der Waals surface area contributed by atoms with E-state index in [0.29, 0.717) is 6.61 Å². The van der Waals surface area contributed by atoms with Crippen molar-refractivity contribution in [2.24, 2.45) is 0 Å². The fourth-order valence-electron chi connectivity index (χ4n) is 1.02. The van der Waals surface area contributed by atoms with Crippen molar-refractivity contribution < 1.29 is 9.57 Å². The lowest BCUT2D eigenvalue weighted by molar-refractivity contribution is 0.168. The Morgan fingerprint density at radius 3 is 2.40 bits per heavy atom. The zero-order valence-electron chi connectivity index (χ0n) is 9.49. The quantitative estimate of drug-likeness (QED) is 0.571. The summed E-state index contributed by atoms with van der Waals surface area (Å²) in [5.41, 5.74) is 3.79. The van der Waals surface area contributed by atoms with Gasteiger partial charge in [-0.1, -0.05) is 0 Å². The second kappa shape index (κ2) is 6.27. The summed E-state index contributed by atoms with van der Waals surface area (Å²) >= 11 is 0. The van der Waals surface area contributed by atoms with Crippen LogP contribution in [0.4, 0.5) is 5.69 Å². The number of hydrogen-bond donors (Lipinski definition) is 1. The van der Waals surface area contributed by atoms with Crippen LogP contribution in [-0.2, 0) is 4.84 Å². The van der Waals surface area contributed by atoms with Crippen LogP contribution in [0, 0.1) is 0 Å². The maximum atomic E-state index is 5.27. The number of methoxy groups -OCH3 is 1. The number of anilines is 1. The minimum absolute atomic E-state index is 0.652. The van der Waals surface area contributed by atoms with E-state index in [2.05, 4.69) is 10.4 Å². The molecule has 0 aliphatic carbocycles. The second-order valence-electron chi connectivity index (χ2n) is 3.48. The van der Waals surface area contributed by atoms with Gasteiger partial charge in [0.1, 0.15) is 5.75 Å². The number of hydrogen-bond acceptors (Lipinski definition) is 4. The summed E-state index contributed by atoms with van der Waals surface area (Å²) in [6, 6.07) is 7.60. The second-order valence-corrected chi connectivity index (χ2v) is 3.48. The molecule has 0 saturated heterocycles. The molecule has 0 bridgehead atoms. The van der Waals surface area contributed by atoms with Crippen molar-refractivity contribution in [3.63, 3.8) is 0 Å². The molecule has 1 aromatic carbocycles. The Kier molecular flexibility index (Phi) is 4.93. The van der Waals surface area contributed by atoms with Gasteiger partial charge < -0.3 is 9.64 Å². The van der Waals surface area contributed by atoms with Crippen LogP contribution in [0.3, 0.4) is 0 Å². The molecule has 84 valence electrons. The maximum absolute atomic E-state index is 5.27. The molecular formula is C11H18N2O2. The summed E-state index contributed by atoms with van der Waals surface area (Å²) in [5, 5.41) is 0. The van der Waals surface area contributed by atoms with E-state index in [-0.39, 0.29) is 0 Å². The lowest BCUT2D eigenvalue weighted by Gasteiger charge is -2.11. The van der Waals surface area contributed by atoms with Crippen LogP contribution < -0.4 is 10.2 Å². The Hall–Kier alpha value is -1.26. The van der Waals surface area contributed by atoms with Crippen LogP contribution >= 0.6 is 0 Å². The lowest BCUT2D eigenvalue weighted by atomic mass is 10.3. The molecule has 1 rings (SSSR count). The Balaban J connectivity index is 2.25. The van der Waals surface area contributed by atoms with Crippen LogP contribution in [-0.4, -0.2) is 39.3 Å². The molecule has 1 N–H and O–H groups in total. The molecule has 0 aliphatic heterocycles. The first-order chi connectivity index (χ1) is 7.22. The third-order valence-electron chi connectivity index (χ3n) is 1.92. The first kappa shape index (κ1) is 11.8. The third kappa shape index (κ3) is 4.67.